The summed E-state index contributed by atoms with van der Waals surface area (Å²) in [6.07, 6.45) is 5.19. The number of rotatable bonds is 10. The molecule has 0 saturated heterocycles. The van der Waals surface area contributed by atoms with Crippen LogP contribution in [0.25, 0.3) is 0 Å². The van der Waals surface area contributed by atoms with Gasteiger partial charge in [0.25, 0.3) is 5.91 Å². The Kier molecular flexibility index (Phi) is 7.88. The quantitative estimate of drug-likeness (QED) is 0.668. The van der Waals surface area contributed by atoms with E-state index in [4.69, 9.17) is 9.47 Å². The molecule has 1 amide bonds. The largest absolute Gasteiger partial charge is 0.478 e. The molecule has 0 aliphatic carbocycles. The fraction of sp³-hybridized carbons (Fsp3) is 0.647. The second-order valence-electron chi connectivity index (χ2n) is 5.47. The lowest BCUT2D eigenvalue weighted by molar-refractivity contribution is -0.139. The average molecular weight is 308 g/mol. The molecule has 1 heterocycles. The number of anilines is 1. The molecule has 22 heavy (non-hydrogen) atoms. The highest BCUT2D eigenvalue weighted by atomic mass is 16.5. The van der Waals surface area contributed by atoms with E-state index in [-0.39, 0.29) is 5.91 Å². The lowest BCUT2D eigenvalue weighted by atomic mass is 10.0. The van der Waals surface area contributed by atoms with E-state index in [0.717, 1.165) is 19.3 Å². The van der Waals surface area contributed by atoms with Gasteiger partial charge in [-0.25, -0.2) is 4.98 Å². The van der Waals surface area contributed by atoms with E-state index in [0.29, 0.717) is 31.2 Å². The molecule has 0 aliphatic rings. The van der Waals surface area contributed by atoms with Gasteiger partial charge >= 0.3 is 0 Å². The number of aromatic nitrogens is 1. The van der Waals surface area contributed by atoms with Crippen molar-refractivity contribution < 1.29 is 14.3 Å². The van der Waals surface area contributed by atoms with Gasteiger partial charge in [-0.05, 0) is 32.3 Å². The third-order valence-electron chi connectivity index (χ3n) is 3.52. The zero-order valence-corrected chi connectivity index (χ0v) is 14.1. The summed E-state index contributed by atoms with van der Waals surface area (Å²) in [7, 11) is 0. The first kappa shape index (κ1) is 18.4. The van der Waals surface area contributed by atoms with Crippen LogP contribution in [0.15, 0.2) is 18.3 Å². The number of unbranched alkanes of at least 4 members (excludes halogenated alkanes) is 1. The molecular weight excluding hydrogens is 280 g/mol. The van der Waals surface area contributed by atoms with Crippen LogP contribution < -0.4 is 10.1 Å². The smallest absolute Gasteiger partial charge is 0.256 e. The van der Waals surface area contributed by atoms with Crippen LogP contribution in [0.5, 0.6) is 5.88 Å². The third kappa shape index (κ3) is 5.64. The molecule has 5 heteroatoms. The molecule has 0 bridgehead atoms. The summed E-state index contributed by atoms with van der Waals surface area (Å²) in [6, 6.07) is 3.56. The summed E-state index contributed by atoms with van der Waals surface area (Å²) in [5, 5.41) is 2.85. The summed E-state index contributed by atoms with van der Waals surface area (Å²) in [5.74, 6) is 0.428. The van der Waals surface area contributed by atoms with Gasteiger partial charge in [0, 0.05) is 12.7 Å². The molecule has 1 rings (SSSR count). The van der Waals surface area contributed by atoms with E-state index in [9.17, 15) is 4.79 Å². The van der Waals surface area contributed by atoms with Gasteiger partial charge in [0.2, 0.25) is 5.88 Å². The second kappa shape index (κ2) is 9.41. The Morgan fingerprint density at radius 1 is 1.23 bits per heavy atom. The zero-order chi connectivity index (χ0) is 16.4. The monoisotopic (exact) mass is 308 g/mol. The highest BCUT2D eigenvalue weighted by Gasteiger charge is 2.32. The molecular formula is C17H28N2O3. The molecule has 0 aromatic carbocycles. The number of nitrogens with one attached hydrogen (secondary N) is 1. The fourth-order valence-corrected chi connectivity index (χ4v) is 1.78. The predicted octanol–water partition coefficient (Wildman–Crippen LogP) is 3.79. The van der Waals surface area contributed by atoms with Crippen LogP contribution in [0, 0.1) is 0 Å². The maximum absolute atomic E-state index is 12.4. The molecule has 1 aromatic rings. The molecule has 0 aliphatic heterocycles. The van der Waals surface area contributed by atoms with E-state index in [1.165, 1.54) is 0 Å². The Labute approximate surface area is 133 Å². The minimum absolute atomic E-state index is 0.148. The lowest BCUT2D eigenvalue weighted by Gasteiger charge is -2.27. The molecule has 0 spiro atoms. The molecule has 124 valence electrons. The summed E-state index contributed by atoms with van der Waals surface area (Å²) in [6.45, 7) is 9.12. The molecule has 1 atom stereocenters. The number of pyridine rings is 1. The Balaban J connectivity index is 2.59. The van der Waals surface area contributed by atoms with E-state index < -0.39 is 5.60 Å². The molecule has 0 unspecified atom stereocenters. The number of hydrogen-bond donors (Lipinski definition) is 1. The van der Waals surface area contributed by atoms with E-state index in [1.807, 2.05) is 20.8 Å². The van der Waals surface area contributed by atoms with E-state index in [2.05, 4.69) is 17.2 Å². The Hall–Kier alpha value is -1.62. The minimum Gasteiger partial charge on any atom is -0.478 e. The van der Waals surface area contributed by atoms with Crippen molar-refractivity contribution in [3.63, 3.8) is 0 Å². The highest BCUT2D eigenvalue weighted by molar-refractivity contribution is 5.96. The molecule has 0 saturated carbocycles. The standard InChI is InChI=1S/C17H28N2O3/c1-5-8-12-21-15-10-9-14(13-18-15)19-16(20)17(4,7-3)22-11-6-2/h9-10,13H,5-8,11-12H2,1-4H3,(H,19,20)/t17-/m1/s1. The summed E-state index contributed by atoms with van der Waals surface area (Å²) < 4.78 is 11.2. The van der Waals surface area contributed by atoms with Crippen LogP contribution in [0.1, 0.15) is 53.4 Å². The number of ether oxygens (including phenoxy) is 2. The first-order chi connectivity index (χ1) is 10.6. The first-order valence-corrected chi connectivity index (χ1v) is 8.10. The number of amides is 1. The van der Waals surface area contributed by atoms with Gasteiger partial charge in [0.15, 0.2) is 0 Å². The molecule has 0 radical (unpaired) electrons. The van der Waals surface area contributed by atoms with Crippen LogP contribution in [-0.2, 0) is 9.53 Å². The molecule has 1 N–H and O–H groups in total. The minimum atomic E-state index is -0.813. The van der Waals surface area contributed by atoms with Crippen molar-refractivity contribution in [3.05, 3.63) is 18.3 Å². The first-order valence-electron chi connectivity index (χ1n) is 8.10. The predicted molar refractivity (Wildman–Crippen MR) is 88.2 cm³/mol. The van der Waals surface area contributed by atoms with Crippen LogP contribution in [0.2, 0.25) is 0 Å². The van der Waals surface area contributed by atoms with Gasteiger partial charge in [-0.15, -0.1) is 0 Å². The Morgan fingerprint density at radius 3 is 2.55 bits per heavy atom. The van der Waals surface area contributed by atoms with Crippen molar-refractivity contribution in [3.8, 4) is 5.88 Å². The maximum atomic E-state index is 12.4. The van der Waals surface area contributed by atoms with Gasteiger partial charge in [0.1, 0.15) is 5.60 Å². The van der Waals surface area contributed by atoms with Crippen LogP contribution in [-0.4, -0.2) is 29.7 Å². The highest BCUT2D eigenvalue weighted by Crippen LogP contribution is 2.19. The molecule has 0 fully saturated rings. The zero-order valence-electron chi connectivity index (χ0n) is 14.1. The topological polar surface area (TPSA) is 60.5 Å². The lowest BCUT2D eigenvalue weighted by Crippen LogP contribution is -2.42. The van der Waals surface area contributed by atoms with Crippen LogP contribution >= 0.6 is 0 Å². The van der Waals surface area contributed by atoms with E-state index in [1.54, 1.807) is 18.3 Å². The van der Waals surface area contributed by atoms with Crippen molar-refractivity contribution >= 4 is 11.6 Å². The van der Waals surface area contributed by atoms with Crippen LogP contribution in [0.4, 0.5) is 5.69 Å². The number of carbonyl (C=O) groups excluding carboxylic acids is 1. The van der Waals surface area contributed by atoms with Gasteiger partial charge in [-0.2, -0.15) is 0 Å². The van der Waals surface area contributed by atoms with Gasteiger partial charge in [0.05, 0.1) is 18.5 Å². The SMILES string of the molecule is CCCCOc1ccc(NC(=O)[C@@](C)(CC)OCCC)cn1. The summed E-state index contributed by atoms with van der Waals surface area (Å²) in [5.41, 5.74) is -0.167. The van der Waals surface area contributed by atoms with Crippen molar-refractivity contribution in [2.75, 3.05) is 18.5 Å². The van der Waals surface area contributed by atoms with E-state index >= 15 is 0 Å². The van der Waals surface area contributed by atoms with Crippen molar-refractivity contribution in [1.29, 1.82) is 0 Å². The number of hydrogen-bond acceptors (Lipinski definition) is 4. The Bertz CT molecular complexity index is 448. The van der Waals surface area contributed by atoms with Crippen molar-refractivity contribution in [2.45, 2.75) is 59.0 Å². The summed E-state index contributed by atoms with van der Waals surface area (Å²) >= 11 is 0. The third-order valence-corrected chi connectivity index (χ3v) is 3.52. The normalized spacial score (nSPS) is 13.5. The average Bonchev–Trinajstić information content (AvgIpc) is 2.54. The fourth-order valence-electron chi connectivity index (χ4n) is 1.78. The maximum Gasteiger partial charge on any atom is 0.256 e. The molecule has 5 nitrogen and oxygen atoms in total. The second-order valence-corrected chi connectivity index (χ2v) is 5.47. The van der Waals surface area contributed by atoms with Crippen molar-refractivity contribution in [1.82, 2.24) is 4.98 Å². The molecule has 1 aromatic heterocycles. The number of nitrogens with zero attached hydrogens (tertiary/aromatic N) is 1. The summed E-state index contributed by atoms with van der Waals surface area (Å²) in [4.78, 5) is 16.6. The number of carbonyl (C=O) groups is 1. The van der Waals surface area contributed by atoms with Crippen molar-refractivity contribution in [2.24, 2.45) is 0 Å². The van der Waals surface area contributed by atoms with Gasteiger partial charge < -0.3 is 14.8 Å². The van der Waals surface area contributed by atoms with Gasteiger partial charge in [-0.1, -0.05) is 27.2 Å². The Morgan fingerprint density at radius 2 is 2.00 bits per heavy atom. The van der Waals surface area contributed by atoms with Gasteiger partial charge in [-0.3, -0.25) is 4.79 Å². The van der Waals surface area contributed by atoms with Crippen LogP contribution in [0.3, 0.4) is 0 Å².